The molecule has 0 amide bonds. The average molecular weight is 318 g/mol. The van der Waals surface area contributed by atoms with E-state index in [-0.39, 0.29) is 0 Å². The van der Waals surface area contributed by atoms with Gasteiger partial charge in [-0.2, -0.15) is 0 Å². The van der Waals surface area contributed by atoms with Crippen LogP contribution in [0.3, 0.4) is 0 Å². The summed E-state index contributed by atoms with van der Waals surface area (Å²) >= 11 is 1.75. The van der Waals surface area contributed by atoms with Crippen molar-refractivity contribution in [2.75, 3.05) is 26.2 Å². The monoisotopic (exact) mass is 318 g/mol. The van der Waals surface area contributed by atoms with Gasteiger partial charge < -0.3 is 0 Å². The number of thiazole rings is 1. The molecule has 2 aromatic rings. The van der Waals surface area contributed by atoms with Crippen LogP contribution < -0.4 is 0 Å². The number of hydrogen-bond acceptors (Lipinski definition) is 6. The van der Waals surface area contributed by atoms with Crippen LogP contribution in [0.1, 0.15) is 23.4 Å². The van der Waals surface area contributed by atoms with E-state index >= 15 is 0 Å². The Kier molecular flexibility index (Phi) is 4.18. The second-order valence-corrected chi connectivity index (χ2v) is 7.37. The maximum atomic E-state index is 4.32. The molecule has 0 N–H and O–H groups in total. The fourth-order valence-electron chi connectivity index (χ4n) is 2.94. The average Bonchev–Trinajstić information content (AvgIpc) is 2.99. The van der Waals surface area contributed by atoms with Crippen molar-refractivity contribution in [1.29, 1.82) is 0 Å². The summed E-state index contributed by atoms with van der Waals surface area (Å²) in [5, 5.41) is 8.57. The van der Waals surface area contributed by atoms with Crippen molar-refractivity contribution >= 4 is 11.3 Å². The number of aromatic nitrogens is 4. The lowest BCUT2D eigenvalue weighted by atomic mass is 10.3. The van der Waals surface area contributed by atoms with E-state index in [2.05, 4.69) is 31.3 Å². The zero-order valence-corrected chi connectivity index (χ0v) is 13.6. The Morgan fingerprint density at radius 1 is 1.09 bits per heavy atom. The molecule has 1 saturated heterocycles. The second-order valence-electron chi connectivity index (χ2n) is 6.40. The molecule has 7 heteroatoms. The predicted molar refractivity (Wildman–Crippen MR) is 85.4 cm³/mol. The fraction of sp³-hybridized carbons (Fsp3) is 0.667. The largest absolute Gasteiger partial charge is 0.296 e. The van der Waals surface area contributed by atoms with E-state index in [9.17, 15) is 0 Å². The quantitative estimate of drug-likeness (QED) is 0.807. The van der Waals surface area contributed by atoms with Crippen molar-refractivity contribution in [2.24, 2.45) is 5.92 Å². The maximum absolute atomic E-state index is 4.32. The lowest BCUT2D eigenvalue weighted by Gasteiger charge is -2.33. The van der Waals surface area contributed by atoms with Crippen LogP contribution in [0.5, 0.6) is 0 Å². The molecule has 4 rings (SSSR count). The summed E-state index contributed by atoms with van der Waals surface area (Å²) in [4.78, 5) is 10.5. The standard InChI is InChI=1S/C15H22N6S/c1-2-13(1)8-21-10-14(17-18-21)9-19-3-5-20(6-4-19)11-15-7-16-12-22-15/h7,10,12-13H,1-6,8-9,11H2. The zero-order valence-electron chi connectivity index (χ0n) is 12.8. The van der Waals surface area contributed by atoms with Gasteiger partial charge in [0.25, 0.3) is 0 Å². The van der Waals surface area contributed by atoms with Crippen LogP contribution in [0, 0.1) is 5.92 Å². The highest BCUT2D eigenvalue weighted by molar-refractivity contribution is 7.09. The summed E-state index contributed by atoms with van der Waals surface area (Å²) in [6.45, 7) is 7.47. The molecule has 6 nitrogen and oxygen atoms in total. The van der Waals surface area contributed by atoms with E-state index < -0.39 is 0 Å². The summed E-state index contributed by atoms with van der Waals surface area (Å²) < 4.78 is 2.02. The van der Waals surface area contributed by atoms with Gasteiger partial charge in [0.2, 0.25) is 0 Å². The summed E-state index contributed by atoms with van der Waals surface area (Å²) in [6, 6.07) is 0. The molecular formula is C15H22N6S. The first-order chi connectivity index (χ1) is 10.8. The lowest BCUT2D eigenvalue weighted by Crippen LogP contribution is -2.45. The minimum Gasteiger partial charge on any atom is -0.296 e. The van der Waals surface area contributed by atoms with Crippen LogP contribution in [-0.4, -0.2) is 56.0 Å². The Hall–Kier alpha value is -1.31. The van der Waals surface area contributed by atoms with Gasteiger partial charge in [0, 0.05) is 63.1 Å². The van der Waals surface area contributed by atoms with Crippen LogP contribution in [0.2, 0.25) is 0 Å². The Bertz CT molecular complexity index is 583. The number of hydrogen-bond donors (Lipinski definition) is 0. The molecule has 1 aliphatic carbocycles. The van der Waals surface area contributed by atoms with Gasteiger partial charge in [0.05, 0.1) is 11.2 Å². The van der Waals surface area contributed by atoms with Crippen LogP contribution in [-0.2, 0) is 19.6 Å². The third-order valence-electron chi connectivity index (χ3n) is 4.44. The third-order valence-corrected chi connectivity index (χ3v) is 5.21. The van der Waals surface area contributed by atoms with Gasteiger partial charge in [-0.3, -0.25) is 19.5 Å². The Morgan fingerprint density at radius 2 is 1.86 bits per heavy atom. The third kappa shape index (κ3) is 3.71. The Labute approximate surface area is 134 Å². The Balaban J connectivity index is 1.24. The van der Waals surface area contributed by atoms with Gasteiger partial charge >= 0.3 is 0 Å². The highest BCUT2D eigenvalue weighted by Gasteiger charge is 2.23. The maximum Gasteiger partial charge on any atom is 0.0967 e. The number of piperazine rings is 1. The molecule has 0 aromatic carbocycles. The molecule has 2 aromatic heterocycles. The highest BCUT2D eigenvalue weighted by atomic mass is 32.1. The van der Waals surface area contributed by atoms with Gasteiger partial charge in [0.15, 0.2) is 0 Å². The van der Waals surface area contributed by atoms with Crippen molar-refractivity contribution < 1.29 is 0 Å². The van der Waals surface area contributed by atoms with Crippen LogP contribution in [0.15, 0.2) is 17.9 Å². The second kappa shape index (κ2) is 6.44. The normalized spacial score (nSPS) is 20.5. The summed E-state index contributed by atoms with van der Waals surface area (Å²) in [7, 11) is 0. The van der Waals surface area contributed by atoms with Gasteiger partial charge in [-0.25, -0.2) is 0 Å². The first kappa shape index (κ1) is 14.3. The fourth-order valence-corrected chi connectivity index (χ4v) is 3.58. The smallest absolute Gasteiger partial charge is 0.0967 e. The van der Waals surface area contributed by atoms with Crippen LogP contribution >= 0.6 is 11.3 Å². The zero-order chi connectivity index (χ0) is 14.8. The molecule has 0 bridgehead atoms. The van der Waals surface area contributed by atoms with E-state index in [1.54, 1.807) is 11.3 Å². The molecule has 1 saturated carbocycles. The van der Waals surface area contributed by atoms with Gasteiger partial charge in [0.1, 0.15) is 0 Å². The molecule has 0 radical (unpaired) electrons. The summed E-state index contributed by atoms with van der Waals surface area (Å²) in [6.07, 6.45) is 6.82. The molecular weight excluding hydrogens is 296 g/mol. The minimum absolute atomic E-state index is 0.852. The van der Waals surface area contributed by atoms with Crippen LogP contribution in [0.4, 0.5) is 0 Å². The van der Waals surface area contributed by atoms with Gasteiger partial charge in [-0.15, -0.1) is 16.4 Å². The Morgan fingerprint density at radius 3 is 2.55 bits per heavy atom. The van der Waals surface area contributed by atoms with Crippen LogP contribution in [0.25, 0.3) is 0 Å². The van der Waals surface area contributed by atoms with Gasteiger partial charge in [-0.1, -0.05) is 5.21 Å². The van der Waals surface area contributed by atoms with E-state index in [1.807, 2.05) is 16.4 Å². The number of rotatable bonds is 6. The molecule has 0 atom stereocenters. The van der Waals surface area contributed by atoms with Gasteiger partial charge in [-0.05, 0) is 18.8 Å². The molecule has 3 heterocycles. The van der Waals surface area contributed by atoms with Crippen molar-refractivity contribution in [3.63, 3.8) is 0 Å². The molecule has 0 unspecified atom stereocenters. The predicted octanol–water partition coefficient (Wildman–Crippen LogP) is 1.46. The van der Waals surface area contributed by atoms with E-state index in [0.29, 0.717) is 0 Å². The van der Waals surface area contributed by atoms with E-state index in [4.69, 9.17) is 0 Å². The molecule has 2 fully saturated rings. The molecule has 118 valence electrons. The lowest BCUT2D eigenvalue weighted by molar-refractivity contribution is 0.121. The molecule has 0 spiro atoms. The molecule has 1 aliphatic heterocycles. The van der Waals surface area contributed by atoms with E-state index in [1.165, 1.54) is 17.7 Å². The van der Waals surface area contributed by atoms with Crippen molar-refractivity contribution in [3.05, 3.63) is 28.5 Å². The SMILES string of the molecule is c1ncc(CN2CCN(Cc3cn(CC4CC4)nn3)CC2)s1. The number of nitrogens with zero attached hydrogens (tertiary/aromatic N) is 6. The molecule has 22 heavy (non-hydrogen) atoms. The highest BCUT2D eigenvalue weighted by Crippen LogP contribution is 2.30. The minimum atomic E-state index is 0.852. The molecule has 2 aliphatic rings. The summed E-state index contributed by atoms with van der Waals surface area (Å²) in [5.41, 5.74) is 3.02. The van der Waals surface area contributed by atoms with Crippen molar-refractivity contribution in [1.82, 2.24) is 29.8 Å². The van der Waals surface area contributed by atoms with E-state index in [0.717, 1.165) is 57.4 Å². The van der Waals surface area contributed by atoms with Crippen molar-refractivity contribution in [3.8, 4) is 0 Å². The first-order valence-corrected chi connectivity index (χ1v) is 8.94. The topological polar surface area (TPSA) is 50.1 Å². The summed E-state index contributed by atoms with van der Waals surface area (Å²) in [5.74, 6) is 0.852. The first-order valence-electron chi connectivity index (χ1n) is 8.06. The van der Waals surface area contributed by atoms with Crippen molar-refractivity contribution in [2.45, 2.75) is 32.5 Å².